The lowest BCUT2D eigenvalue weighted by molar-refractivity contribution is -0.123. The number of sulfonamides is 1. The van der Waals surface area contributed by atoms with E-state index in [1.54, 1.807) is 0 Å². The molecule has 8 heteroatoms. The maximum Gasteiger partial charge on any atom is 0.246 e. The molecular weight excluding hydrogens is 290 g/mol. The second-order valence-electron chi connectivity index (χ2n) is 4.44. The Morgan fingerprint density at radius 2 is 2.10 bits per heavy atom. The van der Waals surface area contributed by atoms with Crippen molar-refractivity contribution in [2.75, 3.05) is 13.6 Å². The normalized spacial score (nSPS) is 20.1. The molecule has 110 valence electrons. The summed E-state index contributed by atoms with van der Waals surface area (Å²) < 4.78 is 52.5. The van der Waals surface area contributed by atoms with Crippen LogP contribution in [0.2, 0.25) is 0 Å². The van der Waals surface area contributed by atoms with Crippen LogP contribution in [-0.4, -0.2) is 38.3 Å². The van der Waals surface area contributed by atoms with Crippen LogP contribution in [-0.2, 0) is 14.8 Å². The van der Waals surface area contributed by atoms with Crippen molar-refractivity contribution in [1.82, 2.24) is 9.62 Å². The van der Waals surface area contributed by atoms with Gasteiger partial charge >= 0.3 is 0 Å². The van der Waals surface area contributed by atoms with Gasteiger partial charge in [0.15, 0.2) is 11.6 Å². The molecule has 5 nitrogen and oxygen atoms in total. The second-order valence-corrected chi connectivity index (χ2v) is 6.30. The van der Waals surface area contributed by atoms with Crippen LogP contribution < -0.4 is 5.32 Å². The first-order chi connectivity index (χ1) is 9.39. The molecule has 1 N–H and O–H groups in total. The molecule has 0 aromatic heterocycles. The van der Waals surface area contributed by atoms with E-state index in [0.29, 0.717) is 12.8 Å². The van der Waals surface area contributed by atoms with Crippen molar-refractivity contribution in [2.45, 2.75) is 23.8 Å². The monoisotopic (exact) mass is 304 g/mol. The molecular formula is C12H14F2N2O3S. The summed E-state index contributed by atoms with van der Waals surface area (Å²) in [6.45, 7) is 0.108. The van der Waals surface area contributed by atoms with E-state index < -0.39 is 38.5 Å². The molecule has 20 heavy (non-hydrogen) atoms. The van der Waals surface area contributed by atoms with Crippen LogP contribution in [0.1, 0.15) is 12.8 Å². The molecule has 1 aromatic rings. The summed E-state index contributed by atoms with van der Waals surface area (Å²) >= 11 is 0. The SMILES string of the molecule is CNC(=O)[C@@H]1CCCN1S(=O)(=O)c1cccc(F)c1F. The molecule has 0 saturated carbocycles. The average molecular weight is 304 g/mol. The Balaban J connectivity index is 2.44. The van der Waals surface area contributed by atoms with E-state index in [1.807, 2.05) is 0 Å². The number of likely N-dealkylation sites (N-methyl/N-ethyl adjacent to an activating group) is 1. The molecule has 1 aliphatic rings. The van der Waals surface area contributed by atoms with Gasteiger partial charge in [-0.2, -0.15) is 4.31 Å². The van der Waals surface area contributed by atoms with E-state index in [0.717, 1.165) is 22.5 Å². The second kappa shape index (κ2) is 5.45. The van der Waals surface area contributed by atoms with Crippen molar-refractivity contribution < 1.29 is 22.0 Å². The van der Waals surface area contributed by atoms with Crippen molar-refractivity contribution in [1.29, 1.82) is 0 Å². The Bertz CT molecular complexity index is 634. The molecule has 0 bridgehead atoms. The maximum atomic E-state index is 13.7. The van der Waals surface area contributed by atoms with Gasteiger partial charge in [0.2, 0.25) is 15.9 Å². The summed E-state index contributed by atoms with van der Waals surface area (Å²) in [4.78, 5) is 10.9. The molecule has 1 fully saturated rings. The van der Waals surface area contributed by atoms with Gasteiger partial charge in [-0.25, -0.2) is 17.2 Å². The summed E-state index contributed by atoms with van der Waals surface area (Å²) in [5, 5.41) is 2.37. The van der Waals surface area contributed by atoms with Gasteiger partial charge in [0, 0.05) is 13.6 Å². The van der Waals surface area contributed by atoms with Crippen molar-refractivity contribution in [3.05, 3.63) is 29.8 Å². The largest absolute Gasteiger partial charge is 0.358 e. The number of nitrogens with one attached hydrogen (secondary N) is 1. The molecule has 1 heterocycles. The van der Waals surface area contributed by atoms with E-state index in [9.17, 15) is 22.0 Å². The summed E-state index contributed by atoms with van der Waals surface area (Å²) in [7, 11) is -2.84. The number of hydrogen-bond acceptors (Lipinski definition) is 3. The standard InChI is InChI=1S/C12H14F2N2O3S/c1-15-12(17)9-5-3-7-16(9)20(18,19)10-6-2-4-8(13)11(10)14/h2,4,6,9H,3,5,7H2,1H3,(H,15,17)/t9-/m0/s1. The van der Waals surface area contributed by atoms with Gasteiger partial charge in [-0.3, -0.25) is 4.79 Å². The van der Waals surface area contributed by atoms with Crippen LogP contribution in [0.15, 0.2) is 23.1 Å². The van der Waals surface area contributed by atoms with Crippen molar-refractivity contribution >= 4 is 15.9 Å². The van der Waals surface area contributed by atoms with Crippen molar-refractivity contribution in [3.8, 4) is 0 Å². The third-order valence-electron chi connectivity index (χ3n) is 3.26. The summed E-state index contributed by atoms with van der Waals surface area (Å²) in [5.74, 6) is -3.11. The number of hydrogen-bond donors (Lipinski definition) is 1. The zero-order chi connectivity index (χ0) is 14.9. The van der Waals surface area contributed by atoms with Gasteiger partial charge in [-0.1, -0.05) is 6.07 Å². The molecule has 1 saturated heterocycles. The average Bonchev–Trinajstić information content (AvgIpc) is 2.90. The Hall–Kier alpha value is -1.54. The third-order valence-corrected chi connectivity index (χ3v) is 5.18. The lowest BCUT2D eigenvalue weighted by Gasteiger charge is -2.23. The van der Waals surface area contributed by atoms with Gasteiger partial charge in [0.05, 0.1) is 0 Å². The minimum Gasteiger partial charge on any atom is -0.358 e. The smallest absolute Gasteiger partial charge is 0.246 e. The van der Waals surface area contributed by atoms with E-state index in [-0.39, 0.29) is 6.54 Å². The van der Waals surface area contributed by atoms with Gasteiger partial charge in [-0.05, 0) is 25.0 Å². The van der Waals surface area contributed by atoms with E-state index in [1.165, 1.54) is 7.05 Å². The molecule has 2 rings (SSSR count). The summed E-state index contributed by atoms with van der Waals surface area (Å²) in [6, 6.07) is 2.07. The third kappa shape index (κ3) is 2.40. The molecule has 0 radical (unpaired) electrons. The zero-order valence-electron chi connectivity index (χ0n) is 10.8. The number of halogens is 2. The molecule has 0 aliphatic carbocycles. The highest BCUT2D eigenvalue weighted by Gasteiger charge is 2.40. The number of rotatable bonds is 3. The maximum absolute atomic E-state index is 13.7. The quantitative estimate of drug-likeness (QED) is 0.901. The highest BCUT2D eigenvalue weighted by atomic mass is 32.2. The van der Waals surface area contributed by atoms with E-state index >= 15 is 0 Å². The van der Waals surface area contributed by atoms with Crippen LogP contribution in [0, 0.1) is 11.6 Å². The highest BCUT2D eigenvalue weighted by molar-refractivity contribution is 7.89. The molecule has 1 atom stereocenters. The number of carbonyl (C=O) groups excluding carboxylic acids is 1. The summed E-state index contributed by atoms with van der Waals surface area (Å²) in [6.07, 6.45) is 0.851. The minimum absolute atomic E-state index is 0.108. The zero-order valence-corrected chi connectivity index (χ0v) is 11.6. The number of nitrogens with zero attached hydrogens (tertiary/aromatic N) is 1. The van der Waals surface area contributed by atoms with Crippen LogP contribution in [0.4, 0.5) is 8.78 Å². The van der Waals surface area contributed by atoms with E-state index in [2.05, 4.69) is 5.32 Å². The topological polar surface area (TPSA) is 66.5 Å². The fourth-order valence-electron chi connectivity index (χ4n) is 2.27. The Morgan fingerprint density at radius 1 is 1.40 bits per heavy atom. The van der Waals surface area contributed by atoms with Crippen molar-refractivity contribution in [2.24, 2.45) is 0 Å². The first-order valence-corrected chi connectivity index (χ1v) is 7.51. The fourth-order valence-corrected chi connectivity index (χ4v) is 4.00. The van der Waals surface area contributed by atoms with Crippen LogP contribution in [0.5, 0.6) is 0 Å². The first-order valence-electron chi connectivity index (χ1n) is 6.07. The van der Waals surface area contributed by atoms with Gasteiger partial charge in [0.1, 0.15) is 10.9 Å². The van der Waals surface area contributed by atoms with Gasteiger partial charge < -0.3 is 5.32 Å². The Kier molecular flexibility index (Phi) is 4.05. The molecule has 1 aliphatic heterocycles. The lowest BCUT2D eigenvalue weighted by atomic mass is 10.2. The van der Waals surface area contributed by atoms with E-state index in [4.69, 9.17) is 0 Å². The number of benzene rings is 1. The number of amides is 1. The molecule has 0 unspecified atom stereocenters. The Labute approximate surface area is 115 Å². The molecule has 1 amide bonds. The van der Waals surface area contributed by atoms with Crippen LogP contribution in [0.25, 0.3) is 0 Å². The predicted molar refractivity (Wildman–Crippen MR) is 67.3 cm³/mol. The lowest BCUT2D eigenvalue weighted by Crippen LogP contribution is -2.45. The van der Waals surface area contributed by atoms with Crippen LogP contribution >= 0.6 is 0 Å². The van der Waals surface area contributed by atoms with Crippen LogP contribution in [0.3, 0.4) is 0 Å². The summed E-state index contributed by atoms with van der Waals surface area (Å²) in [5.41, 5.74) is 0. The van der Waals surface area contributed by atoms with Crippen molar-refractivity contribution in [3.63, 3.8) is 0 Å². The predicted octanol–water partition coefficient (Wildman–Crippen LogP) is 0.864. The first kappa shape index (κ1) is 14.9. The fraction of sp³-hybridized carbons (Fsp3) is 0.417. The van der Waals surface area contributed by atoms with Gasteiger partial charge in [-0.15, -0.1) is 0 Å². The highest BCUT2D eigenvalue weighted by Crippen LogP contribution is 2.28. The molecule has 1 aromatic carbocycles. The minimum atomic E-state index is -4.24. The Morgan fingerprint density at radius 3 is 2.75 bits per heavy atom. The number of carbonyl (C=O) groups is 1. The van der Waals surface area contributed by atoms with Gasteiger partial charge in [0.25, 0.3) is 0 Å². The molecule has 0 spiro atoms.